The molecule has 0 bridgehead atoms. The van der Waals surface area contributed by atoms with Crippen molar-refractivity contribution in [3.8, 4) is 0 Å². The molecule has 0 unspecified atom stereocenters. The number of nitrogens with one attached hydrogen (secondary N) is 1. The molecule has 1 amide bonds. The highest BCUT2D eigenvalue weighted by molar-refractivity contribution is 5.68. The van der Waals surface area contributed by atoms with Crippen LogP contribution < -0.4 is 5.32 Å². The van der Waals surface area contributed by atoms with Crippen LogP contribution in [0.1, 0.15) is 47.5 Å². The summed E-state index contributed by atoms with van der Waals surface area (Å²) in [5.41, 5.74) is -0.415. The van der Waals surface area contributed by atoms with Gasteiger partial charge in [-0.05, 0) is 46.5 Å². The number of likely N-dealkylation sites (N-methyl/N-ethyl adjacent to an activating group) is 1. The monoisotopic (exact) mass is 256 g/mol. The highest BCUT2D eigenvalue weighted by Crippen LogP contribution is 2.25. The van der Waals surface area contributed by atoms with Crippen LogP contribution in [0.15, 0.2) is 0 Å². The highest BCUT2D eigenvalue weighted by Gasteiger charge is 2.25. The molecule has 4 heteroatoms. The van der Waals surface area contributed by atoms with Crippen molar-refractivity contribution in [2.75, 3.05) is 19.6 Å². The van der Waals surface area contributed by atoms with Crippen molar-refractivity contribution in [2.24, 2.45) is 5.92 Å². The lowest BCUT2D eigenvalue weighted by molar-refractivity contribution is 0.0258. The van der Waals surface area contributed by atoms with Crippen molar-refractivity contribution in [1.29, 1.82) is 0 Å². The Morgan fingerprint density at radius 2 is 2.00 bits per heavy atom. The summed E-state index contributed by atoms with van der Waals surface area (Å²) >= 11 is 0. The minimum Gasteiger partial charge on any atom is -0.444 e. The van der Waals surface area contributed by atoms with Gasteiger partial charge >= 0.3 is 6.09 Å². The van der Waals surface area contributed by atoms with Crippen LogP contribution in [-0.2, 0) is 4.74 Å². The first-order valence-electron chi connectivity index (χ1n) is 7.03. The molecule has 0 aromatic carbocycles. The van der Waals surface area contributed by atoms with Gasteiger partial charge in [0, 0.05) is 25.7 Å². The summed E-state index contributed by atoms with van der Waals surface area (Å²) in [5, 5.41) is 3.48. The lowest BCUT2D eigenvalue weighted by atomic mass is 9.82. The van der Waals surface area contributed by atoms with Gasteiger partial charge in [0.25, 0.3) is 0 Å². The number of amides is 1. The Labute approximate surface area is 111 Å². The Morgan fingerprint density at radius 3 is 2.44 bits per heavy atom. The SMILES string of the molecule is CCN(CCNC1CC(C)C1)C(=O)OC(C)(C)C. The molecule has 0 radical (unpaired) electrons. The van der Waals surface area contributed by atoms with E-state index < -0.39 is 5.60 Å². The summed E-state index contributed by atoms with van der Waals surface area (Å²) in [6, 6.07) is 0.650. The average Bonchev–Trinajstić information content (AvgIpc) is 2.18. The van der Waals surface area contributed by atoms with Gasteiger partial charge in [-0.2, -0.15) is 0 Å². The molecule has 1 rings (SSSR count). The van der Waals surface area contributed by atoms with Gasteiger partial charge in [-0.25, -0.2) is 4.79 Å². The van der Waals surface area contributed by atoms with E-state index in [-0.39, 0.29) is 6.09 Å². The third kappa shape index (κ3) is 5.25. The van der Waals surface area contributed by atoms with E-state index in [1.165, 1.54) is 12.8 Å². The van der Waals surface area contributed by atoms with Gasteiger partial charge in [-0.15, -0.1) is 0 Å². The second-order valence-electron chi connectivity index (χ2n) is 6.29. The molecule has 106 valence electrons. The Balaban J connectivity index is 2.22. The van der Waals surface area contributed by atoms with E-state index in [0.717, 1.165) is 19.0 Å². The number of hydrogen-bond donors (Lipinski definition) is 1. The molecular weight excluding hydrogens is 228 g/mol. The standard InChI is InChI=1S/C14H28N2O2/c1-6-16(13(17)18-14(3,4)5)8-7-15-12-9-11(2)10-12/h11-12,15H,6-10H2,1-5H3. The maximum absolute atomic E-state index is 11.9. The molecule has 1 aliphatic carbocycles. The fourth-order valence-electron chi connectivity index (χ4n) is 2.18. The molecule has 4 nitrogen and oxygen atoms in total. The van der Waals surface area contributed by atoms with E-state index in [2.05, 4.69) is 12.2 Å². The molecule has 0 saturated heterocycles. The summed E-state index contributed by atoms with van der Waals surface area (Å²) in [4.78, 5) is 13.6. The van der Waals surface area contributed by atoms with Crippen LogP contribution in [0.2, 0.25) is 0 Å². The zero-order chi connectivity index (χ0) is 13.8. The van der Waals surface area contributed by atoms with Gasteiger partial charge in [0.1, 0.15) is 5.60 Å². The van der Waals surface area contributed by atoms with E-state index in [1.54, 1.807) is 4.90 Å². The smallest absolute Gasteiger partial charge is 0.410 e. The molecule has 0 atom stereocenters. The van der Waals surface area contributed by atoms with Crippen LogP contribution >= 0.6 is 0 Å². The Hall–Kier alpha value is -0.770. The largest absolute Gasteiger partial charge is 0.444 e. The first kappa shape index (κ1) is 15.3. The second kappa shape index (κ2) is 6.41. The molecule has 0 aromatic rings. The van der Waals surface area contributed by atoms with Gasteiger partial charge in [0.15, 0.2) is 0 Å². The molecule has 0 spiro atoms. The van der Waals surface area contributed by atoms with Crippen LogP contribution in [-0.4, -0.2) is 42.3 Å². The number of ether oxygens (including phenoxy) is 1. The maximum atomic E-state index is 11.9. The number of nitrogens with zero attached hydrogens (tertiary/aromatic N) is 1. The fraction of sp³-hybridized carbons (Fsp3) is 0.929. The first-order valence-corrected chi connectivity index (χ1v) is 7.03. The molecule has 1 aliphatic rings. The van der Waals surface area contributed by atoms with Crippen LogP contribution in [0.25, 0.3) is 0 Å². The van der Waals surface area contributed by atoms with Crippen molar-refractivity contribution >= 4 is 6.09 Å². The van der Waals surface area contributed by atoms with E-state index in [9.17, 15) is 4.79 Å². The van der Waals surface area contributed by atoms with Crippen LogP contribution in [0, 0.1) is 5.92 Å². The number of rotatable bonds is 5. The predicted molar refractivity (Wildman–Crippen MR) is 73.7 cm³/mol. The summed E-state index contributed by atoms with van der Waals surface area (Å²) in [7, 11) is 0. The van der Waals surface area contributed by atoms with Gasteiger partial charge in [-0.1, -0.05) is 6.92 Å². The van der Waals surface area contributed by atoms with E-state index in [4.69, 9.17) is 4.74 Å². The Bertz CT molecular complexity index is 267. The normalized spacial score (nSPS) is 23.4. The maximum Gasteiger partial charge on any atom is 0.410 e. The fourth-order valence-corrected chi connectivity index (χ4v) is 2.18. The van der Waals surface area contributed by atoms with Gasteiger partial charge < -0.3 is 15.0 Å². The summed E-state index contributed by atoms with van der Waals surface area (Å²) in [6.45, 7) is 12.2. The van der Waals surface area contributed by atoms with Crippen molar-refractivity contribution in [3.63, 3.8) is 0 Å². The van der Waals surface area contributed by atoms with E-state index >= 15 is 0 Å². The van der Waals surface area contributed by atoms with Gasteiger partial charge in [-0.3, -0.25) is 0 Å². The number of carbonyl (C=O) groups excluding carboxylic acids is 1. The average molecular weight is 256 g/mol. The molecular formula is C14H28N2O2. The quantitative estimate of drug-likeness (QED) is 0.822. The van der Waals surface area contributed by atoms with Crippen LogP contribution in [0.3, 0.4) is 0 Å². The zero-order valence-electron chi connectivity index (χ0n) is 12.5. The molecule has 1 N–H and O–H groups in total. The summed E-state index contributed by atoms with van der Waals surface area (Å²) in [5.74, 6) is 0.857. The Morgan fingerprint density at radius 1 is 1.39 bits per heavy atom. The minimum atomic E-state index is -0.415. The van der Waals surface area contributed by atoms with Gasteiger partial charge in [0.05, 0.1) is 0 Å². The molecule has 18 heavy (non-hydrogen) atoms. The van der Waals surface area contributed by atoms with Gasteiger partial charge in [0.2, 0.25) is 0 Å². The highest BCUT2D eigenvalue weighted by atomic mass is 16.6. The lowest BCUT2D eigenvalue weighted by Crippen LogP contribution is -2.45. The first-order chi connectivity index (χ1) is 8.31. The third-order valence-electron chi connectivity index (χ3n) is 3.22. The van der Waals surface area contributed by atoms with Crippen molar-refractivity contribution in [1.82, 2.24) is 10.2 Å². The number of hydrogen-bond acceptors (Lipinski definition) is 3. The Kier molecular flexibility index (Phi) is 5.45. The van der Waals surface area contributed by atoms with Crippen molar-refractivity contribution in [2.45, 2.75) is 59.1 Å². The van der Waals surface area contributed by atoms with E-state index in [1.807, 2.05) is 27.7 Å². The molecule has 0 heterocycles. The third-order valence-corrected chi connectivity index (χ3v) is 3.22. The summed E-state index contributed by atoms with van der Waals surface area (Å²) in [6.07, 6.45) is 2.31. The van der Waals surface area contributed by atoms with Crippen LogP contribution in [0.5, 0.6) is 0 Å². The van der Waals surface area contributed by atoms with Crippen molar-refractivity contribution in [3.05, 3.63) is 0 Å². The molecule has 1 fully saturated rings. The predicted octanol–water partition coefficient (Wildman–Crippen LogP) is 2.63. The number of carbonyl (C=O) groups is 1. The second-order valence-corrected chi connectivity index (χ2v) is 6.29. The van der Waals surface area contributed by atoms with Crippen molar-refractivity contribution < 1.29 is 9.53 Å². The topological polar surface area (TPSA) is 41.6 Å². The van der Waals surface area contributed by atoms with Crippen LogP contribution in [0.4, 0.5) is 4.79 Å². The molecule has 0 aliphatic heterocycles. The van der Waals surface area contributed by atoms with E-state index in [0.29, 0.717) is 12.6 Å². The lowest BCUT2D eigenvalue weighted by Gasteiger charge is -2.34. The molecule has 0 aromatic heterocycles. The molecule has 1 saturated carbocycles. The minimum absolute atomic E-state index is 0.214. The summed E-state index contributed by atoms with van der Waals surface area (Å²) < 4.78 is 5.36. The zero-order valence-corrected chi connectivity index (χ0v) is 12.5.